The molecule has 0 aliphatic heterocycles. The molecule has 0 amide bonds. The van der Waals surface area contributed by atoms with E-state index in [0.29, 0.717) is 10.2 Å². The summed E-state index contributed by atoms with van der Waals surface area (Å²) in [5.74, 6) is 0.506. The highest BCUT2D eigenvalue weighted by atomic mass is 79.9. The summed E-state index contributed by atoms with van der Waals surface area (Å²) in [5.41, 5.74) is 3.40. The van der Waals surface area contributed by atoms with Gasteiger partial charge in [0.2, 0.25) is 0 Å². The number of aromatic hydroxyl groups is 1. The fourth-order valence-corrected chi connectivity index (χ4v) is 1.39. The maximum atomic E-state index is 9.62. The largest absolute Gasteiger partial charge is 0.503 e. The molecule has 1 aromatic carbocycles. The van der Waals surface area contributed by atoms with Crippen molar-refractivity contribution in [1.82, 2.24) is 5.43 Å². The molecule has 0 fully saturated rings. The Hall–Kier alpha value is -1.23. The molecule has 4 nitrogen and oxygen atoms in total. The minimum absolute atomic E-state index is 0.0764. The molecule has 2 N–H and O–H groups in total. The Bertz CT molecular complexity index is 353. The first-order valence-electron chi connectivity index (χ1n) is 3.96. The van der Waals surface area contributed by atoms with Crippen LogP contribution in [0, 0.1) is 0 Å². The lowest BCUT2D eigenvalue weighted by Crippen LogP contribution is -1.96. The molecule has 0 aliphatic rings. The SMILES string of the molecule is CN/N=C/c1ccc(OC)c(O)c1Br. The van der Waals surface area contributed by atoms with Crippen LogP contribution < -0.4 is 10.2 Å². The second-order valence-corrected chi connectivity index (χ2v) is 3.29. The van der Waals surface area contributed by atoms with E-state index >= 15 is 0 Å². The molecule has 0 saturated heterocycles. The Kier molecular flexibility index (Phi) is 3.76. The smallest absolute Gasteiger partial charge is 0.172 e. The second kappa shape index (κ2) is 4.85. The first kappa shape index (κ1) is 10.8. The van der Waals surface area contributed by atoms with E-state index < -0.39 is 0 Å². The number of halogens is 1. The van der Waals surface area contributed by atoms with Crippen molar-refractivity contribution >= 4 is 22.1 Å². The molecule has 0 heterocycles. The summed E-state index contributed by atoms with van der Waals surface area (Å²) in [4.78, 5) is 0. The molecular formula is C9H11BrN2O2. The van der Waals surface area contributed by atoms with Crippen LogP contribution in [0.5, 0.6) is 11.5 Å². The van der Waals surface area contributed by atoms with Crippen molar-refractivity contribution in [3.63, 3.8) is 0 Å². The van der Waals surface area contributed by atoms with E-state index in [1.165, 1.54) is 7.11 Å². The lowest BCUT2D eigenvalue weighted by atomic mass is 10.2. The van der Waals surface area contributed by atoms with Crippen molar-refractivity contribution in [3.8, 4) is 11.5 Å². The van der Waals surface area contributed by atoms with Crippen LogP contribution in [0.15, 0.2) is 21.7 Å². The van der Waals surface area contributed by atoms with Gasteiger partial charge in [0.25, 0.3) is 0 Å². The van der Waals surface area contributed by atoms with Crippen LogP contribution in [0.3, 0.4) is 0 Å². The molecule has 0 spiro atoms. The highest BCUT2D eigenvalue weighted by Crippen LogP contribution is 2.35. The van der Waals surface area contributed by atoms with Crippen LogP contribution in [-0.4, -0.2) is 25.5 Å². The number of nitrogens with zero attached hydrogens (tertiary/aromatic N) is 1. The highest BCUT2D eigenvalue weighted by molar-refractivity contribution is 9.10. The van der Waals surface area contributed by atoms with Gasteiger partial charge < -0.3 is 15.3 Å². The van der Waals surface area contributed by atoms with Gasteiger partial charge in [0.15, 0.2) is 11.5 Å². The Morgan fingerprint density at radius 2 is 2.29 bits per heavy atom. The van der Waals surface area contributed by atoms with E-state index in [0.717, 1.165) is 5.56 Å². The maximum Gasteiger partial charge on any atom is 0.172 e. The van der Waals surface area contributed by atoms with E-state index in [1.54, 1.807) is 25.4 Å². The number of hydrazone groups is 1. The van der Waals surface area contributed by atoms with Gasteiger partial charge in [-0.2, -0.15) is 5.10 Å². The van der Waals surface area contributed by atoms with E-state index in [9.17, 15) is 5.11 Å². The molecule has 76 valence electrons. The van der Waals surface area contributed by atoms with Crippen LogP contribution in [0.2, 0.25) is 0 Å². The average molecular weight is 259 g/mol. The van der Waals surface area contributed by atoms with Gasteiger partial charge in [-0.1, -0.05) is 0 Å². The number of phenolic OH excluding ortho intramolecular Hbond substituents is 1. The van der Waals surface area contributed by atoms with Gasteiger partial charge in [0.1, 0.15) is 0 Å². The fourth-order valence-electron chi connectivity index (χ4n) is 0.961. The minimum Gasteiger partial charge on any atom is -0.503 e. The van der Waals surface area contributed by atoms with Gasteiger partial charge in [0, 0.05) is 12.6 Å². The zero-order valence-corrected chi connectivity index (χ0v) is 9.50. The number of ether oxygens (including phenoxy) is 1. The van der Waals surface area contributed by atoms with Gasteiger partial charge >= 0.3 is 0 Å². The van der Waals surface area contributed by atoms with Crippen molar-refractivity contribution in [2.75, 3.05) is 14.2 Å². The van der Waals surface area contributed by atoms with E-state index in [2.05, 4.69) is 26.5 Å². The minimum atomic E-state index is 0.0764. The summed E-state index contributed by atoms with van der Waals surface area (Å²) >= 11 is 3.25. The molecule has 0 bridgehead atoms. The van der Waals surface area contributed by atoms with Crippen molar-refractivity contribution in [3.05, 3.63) is 22.2 Å². The van der Waals surface area contributed by atoms with Gasteiger partial charge in [0.05, 0.1) is 17.8 Å². The zero-order valence-electron chi connectivity index (χ0n) is 7.91. The van der Waals surface area contributed by atoms with Crippen LogP contribution in [-0.2, 0) is 0 Å². The molecule has 0 atom stereocenters. The van der Waals surface area contributed by atoms with Crippen LogP contribution in [0.4, 0.5) is 0 Å². The molecule has 0 radical (unpaired) electrons. The van der Waals surface area contributed by atoms with Crippen molar-refractivity contribution in [2.24, 2.45) is 5.10 Å². The van der Waals surface area contributed by atoms with Gasteiger partial charge in [-0.15, -0.1) is 0 Å². The third kappa shape index (κ3) is 2.17. The molecule has 5 heteroatoms. The predicted molar refractivity (Wildman–Crippen MR) is 59.0 cm³/mol. The highest BCUT2D eigenvalue weighted by Gasteiger charge is 2.08. The standard InChI is InChI=1S/C9H11BrN2O2/c1-11-12-5-6-3-4-7(14-2)9(13)8(6)10/h3-5,11,13H,1-2H3/b12-5+. The number of rotatable bonds is 3. The first-order valence-corrected chi connectivity index (χ1v) is 4.75. The monoisotopic (exact) mass is 258 g/mol. The summed E-state index contributed by atoms with van der Waals surface area (Å²) in [7, 11) is 3.20. The van der Waals surface area contributed by atoms with Crippen molar-refractivity contribution < 1.29 is 9.84 Å². The molecule has 0 unspecified atom stereocenters. The van der Waals surface area contributed by atoms with E-state index in [4.69, 9.17) is 4.74 Å². The van der Waals surface area contributed by atoms with Crippen LogP contribution in [0.25, 0.3) is 0 Å². The third-order valence-corrected chi connectivity index (χ3v) is 2.50. The van der Waals surface area contributed by atoms with Crippen molar-refractivity contribution in [2.45, 2.75) is 0 Å². The van der Waals surface area contributed by atoms with Gasteiger partial charge in [-0.05, 0) is 28.1 Å². The number of phenols is 1. The van der Waals surface area contributed by atoms with Gasteiger partial charge in [-0.3, -0.25) is 0 Å². The Morgan fingerprint density at radius 3 is 2.86 bits per heavy atom. The summed E-state index contributed by atoms with van der Waals surface area (Å²) in [5, 5.41) is 13.5. The molecule has 14 heavy (non-hydrogen) atoms. The van der Waals surface area contributed by atoms with E-state index in [1.807, 2.05) is 0 Å². The fraction of sp³-hybridized carbons (Fsp3) is 0.222. The number of hydrogen-bond donors (Lipinski definition) is 2. The topological polar surface area (TPSA) is 53.9 Å². The second-order valence-electron chi connectivity index (χ2n) is 2.50. The first-order chi connectivity index (χ1) is 6.70. The Balaban J connectivity index is 3.10. The molecule has 0 aliphatic carbocycles. The Morgan fingerprint density at radius 1 is 1.57 bits per heavy atom. The number of hydrogen-bond acceptors (Lipinski definition) is 4. The molecule has 1 aromatic rings. The van der Waals surface area contributed by atoms with Crippen LogP contribution in [0.1, 0.15) is 5.56 Å². The lowest BCUT2D eigenvalue weighted by Gasteiger charge is -2.06. The number of nitrogens with one attached hydrogen (secondary N) is 1. The summed E-state index contributed by atoms with van der Waals surface area (Å²) < 4.78 is 5.51. The third-order valence-electron chi connectivity index (χ3n) is 1.66. The van der Waals surface area contributed by atoms with E-state index in [-0.39, 0.29) is 5.75 Å². The Labute approximate surface area is 90.7 Å². The quantitative estimate of drug-likeness (QED) is 0.641. The normalized spacial score (nSPS) is 10.5. The number of benzene rings is 1. The number of methoxy groups -OCH3 is 1. The summed E-state index contributed by atoms with van der Waals surface area (Å²) in [6.45, 7) is 0. The van der Waals surface area contributed by atoms with Crippen molar-refractivity contribution in [1.29, 1.82) is 0 Å². The molecule has 0 aromatic heterocycles. The summed E-state index contributed by atoms with van der Waals surface area (Å²) in [6.07, 6.45) is 1.60. The zero-order chi connectivity index (χ0) is 10.6. The maximum absolute atomic E-state index is 9.62. The predicted octanol–water partition coefficient (Wildman–Crippen LogP) is 1.72. The van der Waals surface area contributed by atoms with Crippen LogP contribution >= 0.6 is 15.9 Å². The molecular weight excluding hydrogens is 248 g/mol. The molecule has 1 rings (SSSR count). The molecule has 0 saturated carbocycles. The summed E-state index contributed by atoms with van der Waals surface area (Å²) in [6, 6.07) is 3.47. The lowest BCUT2D eigenvalue weighted by molar-refractivity contribution is 0.372. The van der Waals surface area contributed by atoms with Gasteiger partial charge in [-0.25, -0.2) is 0 Å². The average Bonchev–Trinajstić information content (AvgIpc) is 2.20.